The van der Waals surface area contributed by atoms with E-state index in [9.17, 15) is 32.3 Å². The van der Waals surface area contributed by atoms with Gasteiger partial charge in [0.05, 0.1) is 18.2 Å². The maximum atomic E-state index is 13.8. The number of benzene rings is 2. The molecule has 2 aromatic rings. The quantitative estimate of drug-likeness (QED) is 0.297. The van der Waals surface area contributed by atoms with Gasteiger partial charge in [-0.2, -0.15) is 0 Å². The second kappa shape index (κ2) is 14.3. The van der Waals surface area contributed by atoms with Crippen LogP contribution in [0.3, 0.4) is 0 Å². The van der Waals surface area contributed by atoms with Crippen LogP contribution in [0.1, 0.15) is 45.7 Å². The fraction of sp³-hybridized carbons (Fsp3) is 0.500. The van der Waals surface area contributed by atoms with Crippen molar-refractivity contribution in [3.05, 3.63) is 70.8 Å². The van der Waals surface area contributed by atoms with Gasteiger partial charge in [0.15, 0.2) is 0 Å². The van der Waals surface area contributed by atoms with Crippen molar-refractivity contribution in [1.82, 2.24) is 16.0 Å². The van der Waals surface area contributed by atoms with Gasteiger partial charge in [-0.1, -0.05) is 13.8 Å². The number of aliphatic hydroxyl groups is 1. The normalized spacial score (nSPS) is 14.0. The zero-order valence-corrected chi connectivity index (χ0v) is 22.8. The van der Waals surface area contributed by atoms with Crippen molar-refractivity contribution in [3.63, 3.8) is 0 Å². The van der Waals surface area contributed by atoms with Gasteiger partial charge < -0.3 is 25.8 Å². The average Bonchev–Trinajstić information content (AvgIpc) is 2.77. The summed E-state index contributed by atoms with van der Waals surface area (Å²) in [6, 6.07) is 3.73. The molecule has 0 saturated carbocycles. The maximum Gasteiger partial charge on any atom is 0.407 e. The molecule has 0 fully saturated rings. The Morgan fingerprint density at radius 2 is 1.33 bits per heavy atom. The van der Waals surface area contributed by atoms with Crippen molar-refractivity contribution in [2.45, 2.75) is 71.2 Å². The first-order valence-corrected chi connectivity index (χ1v) is 12.7. The Balaban J connectivity index is 2.23. The maximum absolute atomic E-state index is 13.8. The number of carbonyl (C=O) groups is 2. The zero-order chi connectivity index (χ0) is 29.3. The van der Waals surface area contributed by atoms with Crippen molar-refractivity contribution in [2.75, 3.05) is 13.1 Å². The highest BCUT2D eigenvalue weighted by Gasteiger charge is 2.27. The molecular weight excluding hydrogens is 518 g/mol. The van der Waals surface area contributed by atoms with Crippen LogP contribution in [0.4, 0.5) is 22.4 Å². The van der Waals surface area contributed by atoms with Crippen molar-refractivity contribution < 1.29 is 37.0 Å². The highest BCUT2D eigenvalue weighted by Crippen LogP contribution is 2.15. The van der Waals surface area contributed by atoms with Crippen LogP contribution < -0.4 is 16.0 Å². The molecule has 0 aromatic heterocycles. The molecule has 216 valence electrons. The van der Waals surface area contributed by atoms with E-state index in [1.807, 2.05) is 13.8 Å². The Bertz CT molecular complexity index is 1080. The lowest BCUT2D eigenvalue weighted by molar-refractivity contribution is -0.123. The molecule has 0 aliphatic rings. The number of alkyl carbamates (subject to hydrolysis) is 1. The van der Waals surface area contributed by atoms with Gasteiger partial charge in [-0.05, 0) is 74.9 Å². The first kappa shape index (κ1) is 32.0. The monoisotopic (exact) mass is 555 g/mol. The number of aliphatic hydroxyl groups excluding tert-OH is 1. The summed E-state index contributed by atoms with van der Waals surface area (Å²) in [5.74, 6) is -3.55. The second-order valence-corrected chi connectivity index (χ2v) is 10.9. The summed E-state index contributed by atoms with van der Waals surface area (Å²) in [4.78, 5) is 25.3. The van der Waals surface area contributed by atoms with E-state index in [4.69, 9.17) is 4.74 Å². The predicted molar refractivity (Wildman–Crippen MR) is 139 cm³/mol. The zero-order valence-electron chi connectivity index (χ0n) is 22.8. The second-order valence-electron chi connectivity index (χ2n) is 10.9. The van der Waals surface area contributed by atoms with Crippen molar-refractivity contribution in [1.29, 1.82) is 0 Å². The first-order chi connectivity index (χ1) is 18.1. The minimum Gasteiger partial charge on any atom is -0.444 e. The van der Waals surface area contributed by atoms with E-state index in [1.54, 1.807) is 20.8 Å². The molecule has 2 aromatic carbocycles. The van der Waals surface area contributed by atoms with Gasteiger partial charge in [-0.25, -0.2) is 22.4 Å². The lowest BCUT2D eigenvalue weighted by atomic mass is 9.99. The number of halogens is 4. The molecule has 0 aliphatic carbocycles. The lowest BCUT2D eigenvalue weighted by Gasteiger charge is -2.28. The molecule has 0 radical (unpaired) electrons. The Kier molecular flexibility index (Phi) is 11.7. The molecule has 3 atom stereocenters. The Morgan fingerprint density at radius 1 is 0.846 bits per heavy atom. The number of carbonyl (C=O) groups excluding carboxylic acids is 2. The van der Waals surface area contributed by atoms with E-state index in [0.29, 0.717) is 12.6 Å². The van der Waals surface area contributed by atoms with Crippen LogP contribution in [0.5, 0.6) is 0 Å². The number of hydrogen-bond acceptors (Lipinski definition) is 5. The number of rotatable bonds is 12. The van der Waals surface area contributed by atoms with Gasteiger partial charge in [-0.3, -0.25) is 4.79 Å². The van der Waals surface area contributed by atoms with Crippen LogP contribution in [-0.4, -0.2) is 54.0 Å². The van der Waals surface area contributed by atoms with Crippen LogP contribution >= 0.6 is 0 Å². The summed E-state index contributed by atoms with van der Waals surface area (Å²) in [7, 11) is 0. The number of ether oxygens (including phenoxy) is 1. The van der Waals surface area contributed by atoms with Crippen molar-refractivity contribution in [2.24, 2.45) is 5.92 Å². The van der Waals surface area contributed by atoms with E-state index in [2.05, 4.69) is 16.0 Å². The molecule has 0 heterocycles. The molecule has 0 saturated heterocycles. The minimum absolute atomic E-state index is 0.0927. The Labute approximate surface area is 226 Å². The molecule has 0 aliphatic heterocycles. The van der Waals surface area contributed by atoms with Gasteiger partial charge in [0.25, 0.3) is 0 Å². The van der Waals surface area contributed by atoms with E-state index >= 15 is 0 Å². The van der Waals surface area contributed by atoms with E-state index in [0.717, 1.165) is 30.3 Å². The number of amides is 2. The first-order valence-electron chi connectivity index (χ1n) is 12.7. The summed E-state index contributed by atoms with van der Waals surface area (Å²) in [5.41, 5.74) is -0.449. The summed E-state index contributed by atoms with van der Waals surface area (Å²) in [5, 5.41) is 19.2. The van der Waals surface area contributed by atoms with Gasteiger partial charge in [0.1, 0.15) is 28.9 Å². The largest absolute Gasteiger partial charge is 0.444 e. The molecule has 2 amide bonds. The third kappa shape index (κ3) is 12.0. The average molecular weight is 556 g/mol. The number of nitrogens with one attached hydrogen (secondary N) is 3. The fourth-order valence-electron chi connectivity index (χ4n) is 3.78. The smallest absolute Gasteiger partial charge is 0.407 e. The highest BCUT2D eigenvalue weighted by atomic mass is 19.1. The SMILES string of the molecule is CC(C)CNC(=O)[C@H](Cc1cc(F)cc(F)c1)NC[C@@H](O)[C@H](Cc1cc(F)cc(F)c1)NC(=O)OC(C)(C)C. The Morgan fingerprint density at radius 3 is 1.79 bits per heavy atom. The van der Waals surface area contributed by atoms with Crippen LogP contribution in [0, 0.1) is 29.2 Å². The van der Waals surface area contributed by atoms with Crippen LogP contribution in [0.25, 0.3) is 0 Å². The molecule has 11 heteroatoms. The Hall–Kier alpha value is -3.18. The molecule has 0 unspecified atom stereocenters. The van der Waals surface area contributed by atoms with Crippen molar-refractivity contribution >= 4 is 12.0 Å². The third-order valence-corrected chi connectivity index (χ3v) is 5.48. The molecule has 39 heavy (non-hydrogen) atoms. The molecule has 2 rings (SSSR count). The van der Waals surface area contributed by atoms with Gasteiger partial charge >= 0.3 is 6.09 Å². The topological polar surface area (TPSA) is 99.7 Å². The standard InChI is InChI=1S/C28H37F4N3O4/c1-16(2)14-34-26(37)24(11-18-8-21(31)13-22(32)9-18)33-15-25(36)23(35-27(38)39-28(3,4)5)10-17-6-19(29)12-20(30)7-17/h6-9,12-13,16,23-25,33,36H,10-11,14-15H2,1-5H3,(H,34,37)(H,35,38)/t23-,24-,25+/m0/s1. The van der Waals surface area contributed by atoms with Gasteiger partial charge in [0.2, 0.25) is 5.91 Å². The molecule has 4 N–H and O–H groups in total. The fourth-order valence-corrected chi connectivity index (χ4v) is 3.78. The van der Waals surface area contributed by atoms with E-state index in [-0.39, 0.29) is 36.4 Å². The van der Waals surface area contributed by atoms with Crippen LogP contribution in [0.2, 0.25) is 0 Å². The van der Waals surface area contributed by atoms with Gasteiger partial charge in [-0.15, -0.1) is 0 Å². The van der Waals surface area contributed by atoms with E-state index < -0.39 is 59.1 Å². The van der Waals surface area contributed by atoms with Crippen LogP contribution in [-0.2, 0) is 22.4 Å². The van der Waals surface area contributed by atoms with E-state index in [1.165, 1.54) is 0 Å². The molecular formula is C28H37F4N3O4. The van der Waals surface area contributed by atoms with Gasteiger partial charge in [0, 0.05) is 25.2 Å². The lowest BCUT2D eigenvalue weighted by Crippen LogP contribution is -2.54. The summed E-state index contributed by atoms with van der Waals surface area (Å²) >= 11 is 0. The summed E-state index contributed by atoms with van der Waals surface area (Å²) in [6.07, 6.45) is -2.46. The highest BCUT2D eigenvalue weighted by molar-refractivity contribution is 5.82. The molecule has 0 spiro atoms. The number of hydrogen-bond donors (Lipinski definition) is 4. The molecule has 7 nitrogen and oxygen atoms in total. The summed E-state index contributed by atoms with van der Waals surface area (Å²) in [6.45, 7) is 8.85. The summed E-state index contributed by atoms with van der Waals surface area (Å²) < 4.78 is 60.3. The predicted octanol–water partition coefficient (Wildman–Crippen LogP) is 4.01. The molecule has 0 bridgehead atoms. The minimum atomic E-state index is -1.35. The van der Waals surface area contributed by atoms with Crippen LogP contribution in [0.15, 0.2) is 36.4 Å². The third-order valence-electron chi connectivity index (χ3n) is 5.48. The van der Waals surface area contributed by atoms with Crippen molar-refractivity contribution in [3.8, 4) is 0 Å².